The molecule has 0 fully saturated rings. The van der Waals surface area contributed by atoms with E-state index in [0.717, 1.165) is 6.42 Å². The summed E-state index contributed by atoms with van der Waals surface area (Å²) in [6.07, 6.45) is -3.24. The van der Waals surface area contributed by atoms with Gasteiger partial charge in [0.25, 0.3) is 0 Å². The van der Waals surface area contributed by atoms with Crippen molar-refractivity contribution in [1.29, 1.82) is 0 Å². The van der Waals surface area contributed by atoms with Gasteiger partial charge in [-0.05, 0) is 37.0 Å². The molecule has 4 heteroatoms. The SMILES string of the molecule is CCCc1cc(C)c(C(F)(F)F)c(F)c1C. The molecular formula is C12H14F4. The van der Waals surface area contributed by atoms with Crippen molar-refractivity contribution in [2.45, 2.75) is 39.8 Å². The maximum Gasteiger partial charge on any atom is 0.419 e. The van der Waals surface area contributed by atoms with Gasteiger partial charge in [0.1, 0.15) is 5.82 Å². The van der Waals surface area contributed by atoms with Crippen molar-refractivity contribution in [2.75, 3.05) is 0 Å². The third kappa shape index (κ3) is 2.36. The molecule has 1 rings (SSSR count). The summed E-state index contributed by atoms with van der Waals surface area (Å²) in [6, 6.07) is 1.44. The summed E-state index contributed by atoms with van der Waals surface area (Å²) in [5, 5.41) is 0. The molecule has 0 saturated heterocycles. The Kier molecular flexibility index (Phi) is 3.61. The van der Waals surface area contributed by atoms with Gasteiger partial charge in [0.15, 0.2) is 0 Å². The summed E-state index contributed by atoms with van der Waals surface area (Å²) in [4.78, 5) is 0. The van der Waals surface area contributed by atoms with Crippen LogP contribution in [-0.4, -0.2) is 0 Å². The predicted molar refractivity (Wildman–Crippen MR) is 54.9 cm³/mol. The van der Waals surface area contributed by atoms with E-state index < -0.39 is 17.6 Å². The molecular weight excluding hydrogens is 220 g/mol. The fourth-order valence-electron chi connectivity index (χ4n) is 1.82. The Morgan fingerprint density at radius 2 is 1.75 bits per heavy atom. The van der Waals surface area contributed by atoms with Crippen LogP contribution in [0.1, 0.15) is 35.6 Å². The molecule has 0 heterocycles. The number of hydrogen-bond acceptors (Lipinski definition) is 0. The van der Waals surface area contributed by atoms with Crippen LogP contribution in [0.3, 0.4) is 0 Å². The lowest BCUT2D eigenvalue weighted by Crippen LogP contribution is -2.13. The van der Waals surface area contributed by atoms with Crippen LogP contribution in [0.15, 0.2) is 6.07 Å². The Morgan fingerprint density at radius 1 is 1.19 bits per heavy atom. The fourth-order valence-corrected chi connectivity index (χ4v) is 1.82. The van der Waals surface area contributed by atoms with E-state index in [-0.39, 0.29) is 11.1 Å². The largest absolute Gasteiger partial charge is 0.419 e. The van der Waals surface area contributed by atoms with Gasteiger partial charge < -0.3 is 0 Å². The maximum absolute atomic E-state index is 13.6. The average Bonchev–Trinajstić information content (AvgIpc) is 2.12. The minimum atomic E-state index is -4.62. The number of aryl methyl sites for hydroxylation is 2. The quantitative estimate of drug-likeness (QED) is 0.665. The molecule has 0 N–H and O–H groups in total. The molecule has 1 aromatic rings. The third-order valence-corrected chi connectivity index (χ3v) is 2.62. The number of benzene rings is 1. The highest BCUT2D eigenvalue weighted by Gasteiger charge is 2.36. The molecule has 90 valence electrons. The monoisotopic (exact) mass is 234 g/mol. The molecule has 0 bridgehead atoms. The molecule has 0 atom stereocenters. The van der Waals surface area contributed by atoms with E-state index >= 15 is 0 Å². The molecule has 0 aliphatic heterocycles. The second kappa shape index (κ2) is 4.44. The van der Waals surface area contributed by atoms with Crippen LogP contribution >= 0.6 is 0 Å². The van der Waals surface area contributed by atoms with E-state index in [4.69, 9.17) is 0 Å². The van der Waals surface area contributed by atoms with Crippen LogP contribution in [0.25, 0.3) is 0 Å². The van der Waals surface area contributed by atoms with Gasteiger partial charge in [-0.15, -0.1) is 0 Å². The Hall–Kier alpha value is -1.06. The van der Waals surface area contributed by atoms with Gasteiger partial charge in [0.05, 0.1) is 5.56 Å². The van der Waals surface area contributed by atoms with Gasteiger partial charge in [0.2, 0.25) is 0 Å². The Labute approximate surface area is 92.3 Å². The zero-order valence-electron chi connectivity index (χ0n) is 9.50. The minimum absolute atomic E-state index is 0.0425. The lowest BCUT2D eigenvalue weighted by atomic mass is 9.96. The van der Waals surface area contributed by atoms with Crippen LogP contribution in [0.2, 0.25) is 0 Å². The van der Waals surface area contributed by atoms with Crippen LogP contribution in [-0.2, 0) is 12.6 Å². The molecule has 0 amide bonds. The molecule has 0 aliphatic rings. The first-order valence-corrected chi connectivity index (χ1v) is 5.14. The predicted octanol–water partition coefficient (Wildman–Crippen LogP) is 4.41. The standard InChI is InChI=1S/C12H14F4/c1-4-5-9-6-7(2)10(12(14,15)16)11(13)8(9)3/h6H,4-5H2,1-3H3. The second-order valence-electron chi connectivity index (χ2n) is 3.91. The summed E-state index contributed by atoms with van der Waals surface area (Å²) in [6.45, 7) is 4.60. The zero-order valence-corrected chi connectivity index (χ0v) is 9.50. The van der Waals surface area contributed by atoms with Crippen LogP contribution in [0, 0.1) is 19.7 Å². The lowest BCUT2D eigenvalue weighted by Gasteiger charge is -2.16. The van der Waals surface area contributed by atoms with Crippen molar-refractivity contribution in [3.63, 3.8) is 0 Å². The molecule has 0 spiro atoms. The van der Waals surface area contributed by atoms with Crippen LogP contribution in [0.4, 0.5) is 17.6 Å². The number of halogens is 4. The minimum Gasteiger partial charge on any atom is -0.206 e. The summed E-state index contributed by atoms with van der Waals surface area (Å²) in [5.74, 6) is -1.13. The Morgan fingerprint density at radius 3 is 2.19 bits per heavy atom. The zero-order chi connectivity index (χ0) is 12.5. The first-order valence-electron chi connectivity index (χ1n) is 5.14. The summed E-state index contributed by atoms with van der Waals surface area (Å²) >= 11 is 0. The molecule has 0 unspecified atom stereocenters. The van der Waals surface area contributed by atoms with Gasteiger partial charge >= 0.3 is 6.18 Å². The van der Waals surface area contributed by atoms with Crippen molar-refractivity contribution in [1.82, 2.24) is 0 Å². The highest BCUT2D eigenvalue weighted by Crippen LogP contribution is 2.36. The average molecular weight is 234 g/mol. The smallest absolute Gasteiger partial charge is 0.206 e. The number of alkyl halides is 3. The van der Waals surface area contributed by atoms with E-state index in [1.807, 2.05) is 6.92 Å². The lowest BCUT2D eigenvalue weighted by molar-refractivity contribution is -0.140. The second-order valence-corrected chi connectivity index (χ2v) is 3.91. The van der Waals surface area contributed by atoms with Crippen molar-refractivity contribution in [2.24, 2.45) is 0 Å². The van der Waals surface area contributed by atoms with Crippen molar-refractivity contribution in [3.05, 3.63) is 34.1 Å². The summed E-state index contributed by atoms with van der Waals surface area (Å²) < 4.78 is 51.3. The van der Waals surface area contributed by atoms with Crippen molar-refractivity contribution in [3.8, 4) is 0 Å². The number of rotatable bonds is 2. The Bertz CT molecular complexity index is 391. The highest BCUT2D eigenvalue weighted by molar-refractivity contribution is 5.40. The van der Waals surface area contributed by atoms with Crippen molar-refractivity contribution < 1.29 is 17.6 Å². The van der Waals surface area contributed by atoms with E-state index in [9.17, 15) is 17.6 Å². The number of hydrogen-bond donors (Lipinski definition) is 0. The van der Waals surface area contributed by atoms with Crippen molar-refractivity contribution >= 4 is 0 Å². The molecule has 0 aliphatic carbocycles. The third-order valence-electron chi connectivity index (χ3n) is 2.62. The molecule has 0 aromatic heterocycles. The van der Waals surface area contributed by atoms with E-state index in [2.05, 4.69) is 0 Å². The maximum atomic E-state index is 13.6. The van der Waals surface area contributed by atoms with Crippen LogP contribution in [0.5, 0.6) is 0 Å². The first kappa shape index (κ1) is 13.0. The van der Waals surface area contributed by atoms with Gasteiger partial charge in [-0.1, -0.05) is 19.4 Å². The van der Waals surface area contributed by atoms with E-state index in [1.165, 1.54) is 19.9 Å². The Balaban J connectivity index is 3.40. The van der Waals surface area contributed by atoms with E-state index in [1.54, 1.807) is 0 Å². The summed E-state index contributed by atoms with van der Waals surface area (Å²) in [7, 11) is 0. The molecule has 1 aromatic carbocycles. The molecule has 0 nitrogen and oxygen atoms in total. The molecule has 0 radical (unpaired) electrons. The van der Waals surface area contributed by atoms with E-state index in [0.29, 0.717) is 12.0 Å². The van der Waals surface area contributed by atoms with Gasteiger partial charge in [-0.25, -0.2) is 4.39 Å². The normalized spacial score (nSPS) is 11.9. The molecule has 0 saturated carbocycles. The first-order chi connectivity index (χ1) is 7.29. The highest BCUT2D eigenvalue weighted by atomic mass is 19.4. The fraction of sp³-hybridized carbons (Fsp3) is 0.500. The van der Waals surface area contributed by atoms with Crippen LogP contribution < -0.4 is 0 Å². The van der Waals surface area contributed by atoms with Gasteiger partial charge in [0, 0.05) is 0 Å². The topological polar surface area (TPSA) is 0 Å². The van der Waals surface area contributed by atoms with Gasteiger partial charge in [-0.3, -0.25) is 0 Å². The summed E-state index contributed by atoms with van der Waals surface area (Å²) in [5.41, 5.74) is -0.408. The molecule has 16 heavy (non-hydrogen) atoms. The van der Waals surface area contributed by atoms with Gasteiger partial charge in [-0.2, -0.15) is 13.2 Å².